The van der Waals surface area contributed by atoms with Gasteiger partial charge in [0.2, 0.25) is 0 Å². The summed E-state index contributed by atoms with van der Waals surface area (Å²) in [5.41, 5.74) is 8.67. The number of rotatable bonds is 6. The summed E-state index contributed by atoms with van der Waals surface area (Å²) in [6.07, 6.45) is 0. The molecule has 0 unspecified atom stereocenters. The third-order valence-electron chi connectivity index (χ3n) is 8.71. The van der Waals surface area contributed by atoms with Crippen LogP contribution in [0.1, 0.15) is 0 Å². The highest BCUT2D eigenvalue weighted by molar-refractivity contribution is 7.99. The van der Waals surface area contributed by atoms with Crippen molar-refractivity contribution < 1.29 is 0 Å². The van der Waals surface area contributed by atoms with Crippen LogP contribution in [-0.2, 0) is 0 Å². The van der Waals surface area contributed by atoms with E-state index in [-0.39, 0.29) is 0 Å². The molecule has 9 rings (SSSR count). The van der Waals surface area contributed by atoms with Gasteiger partial charge in [-0.3, -0.25) is 0 Å². The van der Waals surface area contributed by atoms with E-state index in [1.807, 2.05) is 72.4 Å². The zero-order chi connectivity index (χ0) is 31.9. The maximum Gasteiger partial charge on any atom is 0.164 e. The molecule has 0 fully saturated rings. The van der Waals surface area contributed by atoms with E-state index in [0.717, 1.165) is 39.1 Å². The van der Waals surface area contributed by atoms with E-state index in [1.54, 1.807) is 0 Å². The van der Waals surface area contributed by atoms with Crippen molar-refractivity contribution in [3.05, 3.63) is 170 Å². The first-order valence-corrected chi connectivity index (χ1v) is 16.8. The Bertz CT molecular complexity index is 2320. The molecule has 1 aliphatic rings. The number of anilines is 3. The van der Waals surface area contributed by atoms with E-state index >= 15 is 0 Å². The largest absolute Gasteiger partial charge is 0.310 e. The third kappa shape index (κ3) is 4.93. The van der Waals surface area contributed by atoms with Crippen molar-refractivity contribution in [1.82, 2.24) is 15.0 Å². The Kier molecular flexibility index (Phi) is 7.03. The Balaban J connectivity index is 1.27. The average molecular weight is 633 g/mol. The van der Waals surface area contributed by atoms with Gasteiger partial charge in [0.15, 0.2) is 17.5 Å². The van der Waals surface area contributed by atoms with Gasteiger partial charge in [0.25, 0.3) is 0 Å². The van der Waals surface area contributed by atoms with Crippen LogP contribution in [0.3, 0.4) is 0 Å². The van der Waals surface area contributed by atoms with Crippen LogP contribution in [0.25, 0.3) is 56.1 Å². The fraction of sp³-hybridized carbons (Fsp3) is 0. The molecule has 1 aromatic heterocycles. The first-order valence-electron chi connectivity index (χ1n) is 16.0. The highest BCUT2D eigenvalue weighted by Gasteiger charge is 2.27. The van der Waals surface area contributed by atoms with Gasteiger partial charge in [-0.25, -0.2) is 15.0 Å². The number of fused-ring (bicyclic) bond motifs is 2. The predicted octanol–water partition coefficient (Wildman–Crippen LogP) is 11.6. The van der Waals surface area contributed by atoms with E-state index in [9.17, 15) is 0 Å². The zero-order valence-corrected chi connectivity index (χ0v) is 26.7. The fourth-order valence-electron chi connectivity index (χ4n) is 6.55. The Hall–Kier alpha value is -6.04. The van der Waals surface area contributed by atoms with Gasteiger partial charge in [-0.2, -0.15) is 0 Å². The monoisotopic (exact) mass is 632 g/mol. The highest BCUT2D eigenvalue weighted by atomic mass is 32.2. The summed E-state index contributed by atoms with van der Waals surface area (Å²) in [4.78, 5) is 19.9. The van der Waals surface area contributed by atoms with Crippen LogP contribution in [0.15, 0.2) is 180 Å². The molecule has 0 amide bonds. The van der Waals surface area contributed by atoms with Crippen molar-refractivity contribution in [3.63, 3.8) is 0 Å². The van der Waals surface area contributed by atoms with Crippen LogP contribution in [0.4, 0.5) is 17.1 Å². The molecule has 0 saturated carbocycles. The van der Waals surface area contributed by atoms with Crippen LogP contribution in [0.2, 0.25) is 0 Å². The third-order valence-corrected chi connectivity index (χ3v) is 9.83. The maximum absolute atomic E-state index is 5.08. The standard InChI is InChI=1S/C43H28N4S/c1-5-15-29(16-6-1)41-44-42(30-17-7-2-8-18-30)46-43(45-41)34-27-28-38-39-33(34)23-13-24-35(39)40-36(25-14-26-37(40)48-38)47(31-19-9-3-10-20-31)32-21-11-4-12-22-32/h1-28H. The van der Waals surface area contributed by atoms with Gasteiger partial charge in [-0.15, -0.1) is 0 Å². The number of para-hydroxylation sites is 2. The molecule has 1 aliphatic heterocycles. The van der Waals surface area contributed by atoms with Crippen LogP contribution in [-0.4, -0.2) is 15.0 Å². The van der Waals surface area contributed by atoms with E-state index in [0.29, 0.717) is 17.5 Å². The van der Waals surface area contributed by atoms with E-state index in [1.165, 1.54) is 26.3 Å². The van der Waals surface area contributed by atoms with Crippen molar-refractivity contribution in [3.8, 4) is 45.3 Å². The average Bonchev–Trinajstić information content (AvgIpc) is 3.16. The maximum atomic E-state index is 5.08. The number of hydrogen-bond acceptors (Lipinski definition) is 5. The van der Waals surface area contributed by atoms with Crippen LogP contribution in [0, 0.1) is 0 Å². The summed E-state index contributed by atoms with van der Waals surface area (Å²) < 4.78 is 0. The molecule has 0 N–H and O–H groups in total. The molecule has 8 aromatic rings. The molecular weight excluding hydrogens is 605 g/mol. The summed E-state index contributed by atoms with van der Waals surface area (Å²) in [6.45, 7) is 0. The number of benzene rings is 7. The molecule has 5 heteroatoms. The molecule has 0 bridgehead atoms. The number of aromatic nitrogens is 3. The van der Waals surface area contributed by atoms with Gasteiger partial charge in [-0.05, 0) is 59.5 Å². The second-order valence-corrected chi connectivity index (χ2v) is 12.7. The van der Waals surface area contributed by atoms with Crippen molar-refractivity contribution in [2.75, 3.05) is 4.90 Å². The second-order valence-electron chi connectivity index (χ2n) is 11.6. The number of nitrogens with zero attached hydrogens (tertiary/aromatic N) is 4. The molecule has 4 nitrogen and oxygen atoms in total. The lowest BCUT2D eigenvalue weighted by molar-refractivity contribution is 1.08. The Morgan fingerprint density at radius 2 is 0.938 bits per heavy atom. The fourth-order valence-corrected chi connectivity index (χ4v) is 7.71. The highest BCUT2D eigenvalue weighted by Crippen LogP contribution is 2.54. The molecule has 7 aromatic carbocycles. The Morgan fingerprint density at radius 3 is 1.54 bits per heavy atom. The van der Waals surface area contributed by atoms with Gasteiger partial charge in [0, 0.05) is 48.8 Å². The van der Waals surface area contributed by atoms with Gasteiger partial charge >= 0.3 is 0 Å². The minimum Gasteiger partial charge on any atom is -0.310 e. The molecule has 0 atom stereocenters. The summed E-state index contributed by atoms with van der Waals surface area (Å²) in [7, 11) is 0. The van der Waals surface area contributed by atoms with E-state index in [2.05, 4.69) is 114 Å². The Morgan fingerprint density at radius 1 is 0.396 bits per heavy atom. The smallest absolute Gasteiger partial charge is 0.164 e. The minimum atomic E-state index is 0.656. The van der Waals surface area contributed by atoms with Gasteiger partial charge in [0.05, 0.1) is 5.69 Å². The molecule has 0 spiro atoms. The lowest BCUT2D eigenvalue weighted by Gasteiger charge is -2.31. The number of hydrogen-bond donors (Lipinski definition) is 0. The molecule has 0 aliphatic carbocycles. The zero-order valence-electron chi connectivity index (χ0n) is 25.9. The molecule has 2 heterocycles. The first kappa shape index (κ1) is 28.2. The molecule has 48 heavy (non-hydrogen) atoms. The van der Waals surface area contributed by atoms with Gasteiger partial charge < -0.3 is 4.90 Å². The minimum absolute atomic E-state index is 0.656. The molecule has 226 valence electrons. The topological polar surface area (TPSA) is 41.9 Å². The van der Waals surface area contributed by atoms with Gasteiger partial charge in [0.1, 0.15) is 0 Å². The van der Waals surface area contributed by atoms with E-state index < -0.39 is 0 Å². The van der Waals surface area contributed by atoms with E-state index in [4.69, 9.17) is 15.0 Å². The summed E-state index contributed by atoms with van der Waals surface area (Å²) >= 11 is 1.82. The summed E-state index contributed by atoms with van der Waals surface area (Å²) in [5.74, 6) is 1.97. The summed E-state index contributed by atoms with van der Waals surface area (Å²) in [6, 6.07) is 59.1. The quantitative estimate of drug-likeness (QED) is 0.182. The molecule has 0 saturated heterocycles. The van der Waals surface area contributed by atoms with Crippen LogP contribution >= 0.6 is 11.8 Å². The van der Waals surface area contributed by atoms with Crippen LogP contribution in [0.5, 0.6) is 0 Å². The van der Waals surface area contributed by atoms with Crippen molar-refractivity contribution in [2.45, 2.75) is 9.79 Å². The SMILES string of the molecule is c1ccc(-c2nc(-c3ccccc3)nc(-c3ccc4c5c(cccc35)-c3c(cccc3N(c3ccccc3)c3ccccc3)S4)n2)cc1. The summed E-state index contributed by atoms with van der Waals surface area (Å²) in [5, 5.41) is 2.33. The molecular formula is C43H28N4S. The van der Waals surface area contributed by atoms with Crippen molar-refractivity contribution in [1.29, 1.82) is 0 Å². The van der Waals surface area contributed by atoms with Crippen molar-refractivity contribution in [2.24, 2.45) is 0 Å². The predicted molar refractivity (Wildman–Crippen MR) is 198 cm³/mol. The first-order chi connectivity index (χ1) is 23.8. The lowest BCUT2D eigenvalue weighted by Crippen LogP contribution is -2.12. The normalized spacial score (nSPS) is 11.7. The van der Waals surface area contributed by atoms with Crippen molar-refractivity contribution >= 4 is 39.6 Å². The molecule has 0 radical (unpaired) electrons. The van der Waals surface area contributed by atoms with Crippen LogP contribution < -0.4 is 4.90 Å². The second kappa shape index (κ2) is 12.0. The lowest BCUT2D eigenvalue weighted by atomic mass is 9.93. The Labute approximate surface area is 283 Å². The van der Waals surface area contributed by atoms with Gasteiger partial charge in [-0.1, -0.05) is 133 Å².